The molecular weight excluding hydrogens is 364 g/mol. The van der Waals surface area contributed by atoms with Crippen LogP contribution in [-0.2, 0) is 0 Å². The van der Waals surface area contributed by atoms with E-state index in [1.165, 1.54) is 31.3 Å². The molecule has 0 aromatic carbocycles. The molecule has 0 radical (unpaired) electrons. The Labute approximate surface area is 185 Å². The minimum Gasteiger partial charge on any atom is -0.393 e. The number of aliphatic hydroxyl groups excluding tert-OH is 1. The van der Waals surface area contributed by atoms with Gasteiger partial charge in [0.05, 0.1) is 6.10 Å². The molecule has 1 heteroatoms. The van der Waals surface area contributed by atoms with Crippen molar-refractivity contribution in [2.45, 2.75) is 85.7 Å². The smallest absolute Gasteiger partial charge is 0.0578 e. The van der Waals surface area contributed by atoms with Gasteiger partial charge in [-0.2, -0.15) is 0 Å². The van der Waals surface area contributed by atoms with Gasteiger partial charge in [0, 0.05) is 0 Å². The lowest BCUT2D eigenvalue weighted by Crippen LogP contribution is -2.46. The summed E-state index contributed by atoms with van der Waals surface area (Å²) in [6.45, 7) is 16.3. The van der Waals surface area contributed by atoms with Crippen molar-refractivity contribution in [1.29, 1.82) is 0 Å². The van der Waals surface area contributed by atoms with Crippen molar-refractivity contribution in [2.75, 3.05) is 0 Å². The Morgan fingerprint density at radius 3 is 2.47 bits per heavy atom. The van der Waals surface area contributed by atoms with Crippen molar-refractivity contribution in [3.63, 3.8) is 0 Å². The molecule has 0 unspecified atom stereocenters. The van der Waals surface area contributed by atoms with Crippen LogP contribution >= 0.6 is 0 Å². The second-order valence-corrected chi connectivity index (χ2v) is 11.8. The Morgan fingerprint density at radius 1 is 1.00 bits per heavy atom. The van der Waals surface area contributed by atoms with E-state index in [0.717, 1.165) is 25.2 Å². The maximum absolute atomic E-state index is 10.2. The summed E-state index contributed by atoms with van der Waals surface area (Å²) in [6, 6.07) is 0. The molecule has 0 aliphatic heterocycles. The van der Waals surface area contributed by atoms with E-state index in [2.05, 4.69) is 71.6 Å². The Bertz CT molecular complexity index is 754. The van der Waals surface area contributed by atoms with Crippen molar-refractivity contribution >= 4 is 0 Å². The van der Waals surface area contributed by atoms with Gasteiger partial charge in [0.15, 0.2) is 0 Å². The van der Waals surface area contributed by atoms with E-state index in [0.29, 0.717) is 35.0 Å². The molecule has 4 aliphatic carbocycles. The average Bonchev–Trinajstić information content (AvgIpc) is 3.06. The lowest BCUT2D eigenvalue weighted by atomic mass is 9.50. The second-order valence-electron chi connectivity index (χ2n) is 11.8. The number of allylic oxidation sites excluding steroid dienone is 6. The number of fused-ring (bicyclic) bond motifs is 5. The first kappa shape index (κ1) is 22.1. The third-order valence-electron chi connectivity index (χ3n) is 10.0. The van der Waals surface area contributed by atoms with E-state index in [1.54, 1.807) is 5.57 Å². The van der Waals surface area contributed by atoms with Crippen molar-refractivity contribution in [1.82, 2.24) is 0 Å². The molecule has 3 fully saturated rings. The predicted molar refractivity (Wildman–Crippen MR) is 128 cm³/mol. The highest BCUT2D eigenvalue weighted by Crippen LogP contribution is 2.66. The number of rotatable bonds is 5. The minimum absolute atomic E-state index is 0.127. The first-order valence-corrected chi connectivity index (χ1v) is 12.6. The molecule has 0 heterocycles. The van der Waals surface area contributed by atoms with Gasteiger partial charge in [-0.05, 0) is 91.3 Å². The van der Waals surface area contributed by atoms with Gasteiger partial charge in [-0.25, -0.2) is 0 Å². The summed E-state index contributed by atoms with van der Waals surface area (Å²) in [4.78, 5) is 0. The maximum Gasteiger partial charge on any atom is 0.0578 e. The summed E-state index contributed by atoms with van der Waals surface area (Å²) in [5.41, 5.74) is 3.94. The highest BCUT2D eigenvalue weighted by atomic mass is 16.3. The van der Waals surface area contributed by atoms with Gasteiger partial charge in [-0.3, -0.25) is 0 Å². The molecule has 166 valence electrons. The number of aliphatic hydroxyl groups is 1. The van der Waals surface area contributed by atoms with Crippen LogP contribution in [0.2, 0.25) is 0 Å². The van der Waals surface area contributed by atoms with Gasteiger partial charge < -0.3 is 5.11 Å². The molecule has 8 atom stereocenters. The van der Waals surface area contributed by atoms with Gasteiger partial charge in [0.1, 0.15) is 0 Å². The summed E-state index contributed by atoms with van der Waals surface area (Å²) in [5, 5.41) is 10.2. The Hall–Kier alpha value is -1.08. The molecule has 0 saturated heterocycles. The summed E-state index contributed by atoms with van der Waals surface area (Å²) < 4.78 is 0. The van der Waals surface area contributed by atoms with Crippen LogP contribution in [-0.4, -0.2) is 11.2 Å². The van der Waals surface area contributed by atoms with Crippen molar-refractivity contribution in [3.05, 3.63) is 48.1 Å². The van der Waals surface area contributed by atoms with Gasteiger partial charge >= 0.3 is 0 Å². The van der Waals surface area contributed by atoms with Crippen LogP contribution in [0.1, 0.15) is 79.6 Å². The Kier molecular flexibility index (Phi) is 5.99. The SMILES string of the molecule is C=C[C@H](/C=C/[C@H](C)C(C)C)[C@H]1CC[C@H]2C3=CC=C4C[C@@H](O)CC[C@]4(C)[C@H]3CC[C@]12C. The Balaban J connectivity index is 1.60. The molecule has 0 spiro atoms. The highest BCUT2D eigenvalue weighted by molar-refractivity contribution is 5.39. The van der Waals surface area contributed by atoms with Gasteiger partial charge in [0.2, 0.25) is 0 Å². The molecule has 4 aliphatic rings. The highest BCUT2D eigenvalue weighted by Gasteiger charge is 2.56. The summed E-state index contributed by atoms with van der Waals surface area (Å²) >= 11 is 0. The molecule has 3 saturated carbocycles. The fourth-order valence-electron chi connectivity index (χ4n) is 7.56. The molecule has 0 amide bonds. The molecular formula is C29H44O. The average molecular weight is 409 g/mol. The van der Waals surface area contributed by atoms with Crippen LogP contribution in [0.25, 0.3) is 0 Å². The molecule has 0 bridgehead atoms. The summed E-state index contributed by atoms with van der Waals surface area (Å²) in [5.74, 6) is 3.94. The fourth-order valence-corrected chi connectivity index (χ4v) is 7.56. The third kappa shape index (κ3) is 3.50. The first-order chi connectivity index (χ1) is 14.2. The third-order valence-corrected chi connectivity index (χ3v) is 10.0. The molecule has 0 aromatic heterocycles. The van der Waals surface area contributed by atoms with Crippen molar-refractivity contribution in [3.8, 4) is 0 Å². The molecule has 0 aromatic rings. The van der Waals surface area contributed by atoms with Crippen LogP contribution in [0.5, 0.6) is 0 Å². The second kappa shape index (κ2) is 8.12. The monoisotopic (exact) mass is 408 g/mol. The zero-order valence-electron chi connectivity index (χ0n) is 20.0. The summed E-state index contributed by atoms with van der Waals surface area (Å²) in [7, 11) is 0. The zero-order valence-corrected chi connectivity index (χ0v) is 20.0. The van der Waals surface area contributed by atoms with Gasteiger partial charge in [0.25, 0.3) is 0 Å². The van der Waals surface area contributed by atoms with Crippen LogP contribution in [0.15, 0.2) is 48.1 Å². The first-order valence-electron chi connectivity index (χ1n) is 12.6. The van der Waals surface area contributed by atoms with E-state index in [1.807, 2.05) is 0 Å². The lowest BCUT2D eigenvalue weighted by Gasteiger charge is -2.55. The maximum atomic E-state index is 10.2. The van der Waals surface area contributed by atoms with E-state index in [4.69, 9.17) is 0 Å². The van der Waals surface area contributed by atoms with Crippen LogP contribution in [0.4, 0.5) is 0 Å². The normalized spacial score (nSPS) is 42.8. The molecule has 1 nitrogen and oxygen atoms in total. The van der Waals surface area contributed by atoms with Crippen LogP contribution < -0.4 is 0 Å². The summed E-state index contributed by atoms with van der Waals surface area (Å²) in [6.07, 6.45) is 20.3. The van der Waals surface area contributed by atoms with Crippen LogP contribution in [0, 0.1) is 46.3 Å². The van der Waals surface area contributed by atoms with Gasteiger partial charge in [-0.1, -0.05) is 76.1 Å². The van der Waals surface area contributed by atoms with E-state index >= 15 is 0 Å². The Morgan fingerprint density at radius 2 is 1.77 bits per heavy atom. The fraction of sp³-hybridized carbons (Fsp3) is 0.724. The molecule has 4 rings (SSSR count). The van der Waals surface area contributed by atoms with E-state index < -0.39 is 0 Å². The minimum atomic E-state index is -0.127. The van der Waals surface area contributed by atoms with E-state index in [9.17, 15) is 5.11 Å². The molecule has 1 N–H and O–H groups in total. The topological polar surface area (TPSA) is 20.2 Å². The lowest BCUT2D eigenvalue weighted by molar-refractivity contribution is 0.0404. The zero-order chi connectivity index (χ0) is 21.7. The quantitative estimate of drug-likeness (QED) is 0.467. The van der Waals surface area contributed by atoms with Crippen molar-refractivity contribution in [2.24, 2.45) is 46.3 Å². The van der Waals surface area contributed by atoms with Crippen LogP contribution in [0.3, 0.4) is 0 Å². The van der Waals surface area contributed by atoms with E-state index in [-0.39, 0.29) is 11.5 Å². The number of hydrogen-bond donors (Lipinski definition) is 1. The van der Waals surface area contributed by atoms with Crippen molar-refractivity contribution < 1.29 is 5.11 Å². The van der Waals surface area contributed by atoms with Gasteiger partial charge in [-0.15, -0.1) is 6.58 Å². The molecule has 30 heavy (non-hydrogen) atoms. The number of hydrogen-bond acceptors (Lipinski definition) is 1. The standard InChI is InChI=1S/C29H44O/c1-7-21(9-8-20(4)19(2)3)25-12-13-26-24-11-10-22-18-23(30)14-16-28(22,5)27(24)15-17-29(25,26)6/h7-11,19-21,23,25-27,30H,1,12-18H2,2-6H3/b9-8+/t20-,21+,23-,25+,26-,27-,28-,29+/m0/s1. The largest absolute Gasteiger partial charge is 0.393 e. The predicted octanol–water partition coefficient (Wildman–Crippen LogP) is 7.50.